The number of nitrogens with zero attached hydrogens (tertiary/aromatic N) is 4. The van der Waals surface area contributed by atoms with Crippen molar-refractivity contribution in [3.8, 4) is 16.9 Å². The number of fused-ring (bicyclic) bond motifs is 2. The van der Waals surface area contributed by atoms with Gasteiger partial charge in [0.2, 0.25) is 11.9 Å². The molecule has 3 atom stereocenters. The molecule has 2 aliphatic heterocycles. The number of primary amides is 2. The molecule has 4 heterocycles. The van der Waals surface area contributed by atoms with Gasteiger partial charge in [-0.25, -0.2) is 4.98 Å². The van der Waals surface area contributed by atoms with Crippen molar-refractivity contribution in [2.75, 3.05) is 10.2 Å². The molecule has 10 nitrogen and oxygen atoms in total. The fraction of sp³-hybridized carbons (Fsp3) is 0.370. The number of amides is 2. The first kappa shape index (κ1) is 27.2. The van der Waals surface area contributed by atoms with Crippen molar-refractivity contribution in [2.45, 2.75) is 63.0 Å². The second kappa shape index (κ2) is 10.6. The molecule has 2 bridgehead atoms. The molecule has 2 aromatic heterocycles. The van der Waals surface area contributed by atoms with E-state index >= 15 is 0 Å². The van der Waals surface area contributed by atoms with Gasteiger partial charge >= 0.3 is 6.18 Å². The first-order valence-electron chi connectivity index (χ1n) is 12.8. The molecule has 2 saturated heterocycles. The number of benzene rings is 1. The molecule has 5 rings (SSSR count). The van der Waals surface area contributed by atoms with Crippen molar-refractivity contribution < 1.29 is 27.5 Å². The molecule has 0 spiro atoms. The number of carbonyl (C=O) groups excluding carboxylic acids is 2. The van der Waals surface area contributed by atoms with Gasteiger partial charge in [0.1, 0.15) is 29.4 Å². The molecule has 0 saturated carbocycles. The van der Waals surface area contributed by atoms with E-state index in [0.717, 1.165) is 25.0 Å². The van der Waals surface area contributed by atoms with Crippen LogP contribution in [0.4, 0.5) is 24.9 Å². The number of alkyl halides is 3. The topological polar surface area (TPSA) is 149 Å². The maximum Gasteiger partial charge on any atom is 0.416 e. The third-order valence-electron chi connectivity index (χ3n) is 7.27. The molecule has 2 aliphatic rings. The minimum Gasteiger partial charge on any atom is -0.490 e. The normalized spacial score (nSPS) is 21.1. The second-order valence-corrected chi connectivity index (χ2v) is 10.0. The summed E-state index contributed by atoms with van der Waals surface area (Å²) in [7, 11) is 0. The number of nitrogens with one attached hydrogen (secondary N) is 1. The minimum absolute atomic E-state index is 0.00584. The fourth-order valence-electron chi connectivity index (χ4n) is 5.34. The van der Waals surface area contributed by atoms with Crippen LogP contribution in [-0.4, -0.2) is 51.0 Å². The van der Waals surface area contributed by atoms with Crippen LogP contribution in [0.15, 0.2) is 48.8 Å². The predicted molar refractivity (Wildman–Crippen MR) is 140 cm³/mol. The van der Waals surface area contributed by atoms with E-state index in [0.29, 0.717) is 35.7 Å². The van der Waals surface area contributed by atoms with E-state index in [-0.39, 0.29) is 29.7 Å². The Kier molecular flexibility index (Phi) is 7.21. The van der Waals surface area contributed by atoms with Crippen molar-refractivity contribution in [3.05, 3.63) is 60.0 Å². The molecule has 3 aromatic rings. The number of hydrogen-bond donors (Lipinski definition) is 3. The Balaban J connectivity index is 1.40. The summed E-state index contributed by atoms with van der Waals surface area (Å²) in [5.41, 5.74) is 11.0. The Bertz CT molecular complexity index is 1410. The van der Waals surface area contributed by atoms with Gasteiger partial charge in [0.25, 0.3) is 5.91 Å². The van der Waals surface area contributed by atoms with Crippen LogP contribution >= 0.6 is 0 Å². The maximum atomic E-state index is 13.5. The van der Waals surface area contributed by atoms with Crippen molar-refractivity contribution in [1.29, 1.82) is 0 Å². The zero-order valence-corrected chi connectivity index (χ0v) is 21.6. The van der Waals surface area contributed by atoms with Crippen molar-refractivity contribution in [3.63, 3.8) is 0 Å². The number of hydrogen-bond acceptors (Lipinski definition) is 8. The first-order chi connectivity index (χ1) is 19.0. The van der Waals surface area contributed by atoms with Gasteiger partial charge in [-0.15, -0.1) is 0 Å². The van der Waals surface area contributed by atoms with E-state index in [4.69, 9.17) is 16.2 Å². The zero-order chi connectivity index (χ0) is 28.6. The lowest BCUT2D eigenvalue weighted by molar-refractivity contribution is -0.137. The highest BCUT2D eigenvalue weighted by molar-refractivity contribution is 5.92. The van der Waals surface area contributed by atoms with Gasteiger partial charge in [0, 0.05) is 48.9 Å². The van der Waals surface area contributed by atoms with Gasteiger partial charge < -0.3 is 26.4 Å². The number of ether oxygens (including phenoxy) is 1. The Morgan fingerprint density at radius 2 is 1.73 bits per heavy atom. The lowest BCUT2D eigenvalue weighted by atomic mass is 9.99. The summed E-state index contributed by atoms with van der Waals surface area (Å²) in [5.74, 6) is -0.429. The quantitative estimate of drug-likeness (QED) is 0.382. The number of carbonyl (C=O) groups is 2. The lowest BCUT2D eigenvalue weighted by Crippen LogP contribution is -2.47. The third-order valence-corrected chi connectivity index (χ3v) is 7.27. The smallest absolute Gasteiger partial charge is 0.416 e. The highest BCUT2D eigenvalue weighted by Crippen LogP contribution is 2.42. The molecular weight excluding hydrogens is 527 g/mol. The van der Waals surface area contributed by atoms with Gasteiger partial charge in [0.15, 0.2) is 0 Å². The van der Waals surface area contributed by atoms with E-state index in [2.05, 4.69) is 20.3 Å². The minimum atomic E-state index is -4.49. The van der Waals surface area contributed by atoms with Crippen LogP contribution < -0.4 is 26.4 Å². The van der Waals surface area contributed by atoms with E-state index in [9.17, 15) is 22.8 Å². The number of anilines is 2. The number of pyridine rings is 1. The predicted octanol–water partition coefficient (Wildman–Crippen LogP) is 3.52. The SMILES string of the molecule is CC(Nc1cc(C(N)=O)nc(N2C3CCC2CC(Oc2ccc(C(F)(F)F)cc2-c2ccncc2)C3)n1)C(N)=O. The molecule has 2 amide bonds. The molecule has 1 aromatic carbocycles. The number of halogens is 3. The monoisotopic (exact) mass is 555 g/mol. The van der Waals surface area contributed by atoms with Crippen LogP contribution in [0.5, 0.6) is 5.75 Å². The highest BCUT2D eigenvalue weighted by atomic mass is 19.4. The van der Waals surface area contributed by atoms with Crippen LogP contribution in [0.25, 0.3) is 11.1 Å². The lowest BCUT2D eigenvalue weighted by Gasteiger charge is -2.39. The van der Waals surface area contributed by atoms with Crippen LogP contribution in [0.3, 0.4) is 0 Å². The summed E-state index contributed by atoms with van der Waals surface area (Å²) in [6, 6.07) is 7.33. The molecule has 3 unspecified atom stereocenters. The highest BCUT2D eigenvalue weighted by Gasteiger charge is 2.43. The summed E-state index contributed by atoms with van der Waals surface area (Å²) in [6.07, 6.45) is 1.05. The Morgan fingerprint density at radius 3 is 2.33 bits per heavy atom. The molecule has 210 valence electrons. The number of aromatic nitrogens is 3. The molecular formula is C27H28F3N7O3. The molecule has 2 fully saturated rings. The second-order valence-electron chi connectivity index (χ2n) is 10.0. The van der Waals surface area contributed by atoms with Gasteiger partial charge in [-0.05, 0) is 55.7 Å². The molecule has 40 heavy (non-hydrogen) atoms. The summed E-state index contributed by atoms with van der Waals surface area (Å²) in [5, 5.41) is 2.88. The fourth-order valence-corrected chi connectivity index (χ4v) is 5.34. The number of nitrogens with two attached hydrogens (primary N) is 2. The van der Waals surface area contributed by atoms with Crippen LogP contribution in [0.1, 0.15) is 48.7 Å². The Labute approximate surface area is 227 Å². The van der Waals surface area contributed by atoms with Gasteiger partial charge in [-0.2, -0.15) is 18.2 Å². The molecule has 0 aliphatic carbocycles. The van der Waals surface area contributed by atoms with Crippen LogP contribution in [-0.2, 0) is 11.0 Å². The van der Waals surface area contributed by atoms with Crippen LogP contribution in [0, 0.1) is 0 Å². The van der Waals surface area contributed by atoms with E-state index in [1.165, 1.54) is 24.5 Å². The largest absolute Gasteiger partial charge is 0.490 e. The molecule has 5 N–H and O–H groups in total. The van der Waals surface area contributed by atoms with E-state index < -0.39 is 29.6 Å². The average molecular weight is 556 g/mol. The summed E-state index contributed by atoms with van der Waals surface area (Å²) in [4.78, 5) is 38.4. The molecule has 0 radical (unpaired) electrons. The van der Waals surface area contributed by atoms with Gasteiger partial charge in [-0.3, -0.25) is 14.6 Å². The number of rotatable bonds is 8. The van der Waals surface area contributed by atoms with Crippen LogP contribution in [0.2, 0.25) is 0 Å². The van der Waals surface area contributed by atoms with E-state index in [1.807, 2.05) is 4.90 Å². The van der Waals surface area contributed by atoms with Gasteiger partial charge in [0.05, 0.1) is 5.56 Å². The summed E-state index contributed by atoms with van der Waals surface area (Å²) in [6.45, 7) is 1.57. The summed E-state index contributed by atoms with van der Waals surface area (Å²) < 4.78 is 46.8. The van der Waals surface area contributed by atoms with E-state index in [1.54, 1.807) is 19.1 Å². The third kappa shape index (κ3) is 5.63. The van der Waals surface area contributed by atoms with Crippen molar-refractivity contribution >= 4 is 23.6 Å². The summed E-state index contributed by atoms with van der Waals surface area (Å²) >= 11 is 0. The Hall–Kier alpha value is -4.42. The Morgan fingerprint density at radius 1 is 1.05 bits per heavy atom. The van der Waals surface area contributed by atoms with Gasteiger partial charge in [-0.1, -0.05) is 0 Å². The standard InChI is InChI=1S/C27H28F3N7O3/c1-14(24(31)38)34-23-13-21(25(32)39)35-26(36-23)37-17-3-4-18(37)12-19(11-17)40-22-5-2-16(27(28,29)30)10-20(22)15-6-8-33-9-7-15/h2,5-10,13-14,17-19H,3-4,11-12H2,1H3,(H2,31,38)(H2,32,39)(H,34,35,36). The average Bonchev–Trinajstić information content (AvgIpc) is 3.18. The first-order valence-corrected chi connectivity index (χ1v) is 12.8. The number of piperidine rings is 1. The maximum absolute atomic E-state index is 13.5. The van der Waals surface area contributed by atoms with Crippen molar-refractivity contribution in [2.24, 2.45) is 11.5 Å². The van der Waals surface area contributed by atoms with Crippen molar-refractivity contribution in [1.82, 2.24) is 15.0 Å². The molecule has 13 heteroatoms. The zero-order valence-electron chi connectivity index (χ0n) is 21.6.